The third-order valence-electron chi connectivity index (χ3n) is 2.35. The first-order chi connectivity index (χ1) is 8.54. The number of amides is 1. The number of rotatable bonds is 5. The van der Waals surface area contributed by atoms with E-state index in [9.17, 15) is 14.7 Å². The number of nitrogens with one attached hydrogen (secondary N) is 1. The number of ether oxygens (including phenoxy) is 1. The van der Waals surface area contributed by atoms with E-state index in [0.717, 1.165) is 12.8 Å². The van der Waals surface area contributed by atoms with Crippen molar-refractivity contribution in [3.63, 3.8) is 0 Å². The molecule has 0 saturated heterocycles. The summed E-state index contributed by atoms with van der Waals surface area (Å²) in [5.41, 5.74) is 0.584. The minimum atomic E-state index is -0.566. The highest BCUT2D eigenvalue weighted by molar-refractivity contribution is 5.98. The summed E-state index contributed by atoms with van der Waals surface area (Å²) in [5, 5.41) is 11.9. The number of carbonyl (C=O) groups excluding carboxylic acids is 2. The van der Waals surface area contributed by atoms with Gasteiger partial charge in [0.05, 0.1) is 12.2 Å². The Labute approximate surface area is 106 Å². The maximum absolute atomic E-state index is 11.4. The van der Waals surface area contributed by atoms with E-state index < -0.39 is 6.09 Å². The van der Waals surface area contributed by atoms with Crippen molar-refractivity contribution in [3.8, 4) is 5.75 Å². The first-order valence-electron chi connectivity index (χ1n) is 5.82. The molecule has 0 aliphatic heterocycles. The molecule has 18 heavy (non-hydrogen) atoms. The van der Waals surface area contributed by atoms with E-state index in [1.807, 2.05) is 6.92 Å². The smallest absolute Gasteiger partial charge is 0.411 e. The maximum Gasteiger partial charge on any atom is 0.411 e. The summed E-state index contributed by atoms with van der Waals surface area (Å²) in [5.74, 6) is -0.372. The van der Waals surface area contributed by atoms with E-state index in [2.05, 4.69) is 5.32 Å². The molecule has 2 N–H and O–H groups in total. The van der Waals surface area contributed by atoms with Crippen LogP contribution in [0.3, 0.4) is 0 Å². The standard InChI is InChI=1S/C13H17NO4/c1-3-4-7-18-13(17)14-10-5-6-12(16)11(8-10)9(2)15/h5-6,8,16H,3-4,7H2,1-2H3,(H,14,17). The summed E-state index contributed by atoms with van der Waals surface area (Å²) in [4.78, 5) is 22.6. The topological polar surface area (TPSA) is 75.6 Å². The molecule has 0 saturated carbocycles. The fourth-order valence-electron chi connectivity index (χ4n) is 1.36. The summed E-state index contributed by atoms with van der Waals surface area (Å²) in [6.45, 7) is 3.71. The first-order valence-corrected chi connectivity index (χ1v) is 5.82. The van der Waals surface area contributed by atoms with Crippen molar-refractivity contribution in [3.05, 3.63) is 23.8 Å². The van der Waals surface area contributed by atoms with E-state index in [4.69, 9.17) is 4.74 Å². The van der Waals surface area contributed by atoms with Gasteiger partial charge in [0.15, 0.2) is 5.78 Å². The van der Waals surface area contributed by atoms with Gasteiger partial charge in [-0.05, 0) is 31.5 Å². The van der Waals surface area contributed by atoms with Gasteiger partial charge < -0.3 is 9.84 Å². The van der Waals surface area contributed by atoms with Crippen molar-refractivity contribution >= 4 is 17.6 Å². The second kappa shape index (κ2) is 6.64. The van der Waals surface area contributed by atoms with Crippen molar-refractivity contribution in [2.75, 3.05) is 11.9 Å². The largest absolute Gasteiger partial charge is 0.507 e. The molecule has 0 spiro atoms. The van der Waals surface area contributed by atoms with Crippen molar-refractivity contribution in [2.24, 2.45) is 0 Å². The summed E-state index contributed by atoms with van der Waals surface area (Å²) in [7, 11) is 0. The number of aromatic hydroxyl groups is 1. The van der Waals surface area contributed by atoms with Crippen LogP contribution in [0.5, 0.6) is 5.75 Å². The van der Waals surface area contributed by atoms with Crippen LogP contribution in [0.4, 0.5) is 10.5 Å². The number of benzene rings is 1. The van der Waals surface area contributed by atoms with Gasteiger partial charge in [-0.15, -0.1) is 0 Å². The summed E-state index contributed by atoms with van der Waals surface area (Å²) in [6.07, 6.45) is 1.19. The van der Waals surface area contributed by atoms with E-state index in [-0.39, 0.29) is 17.1 Å². The number of anilines is 1. The lowest BCUT2D eigenvalue weighted by molar-refractivity contribution is 0.101. The Morgan fingerprint density at radius 1 is 1.39 bits per heavy atom. The molecule has 1 amide bonds. The van der Waals surface area contributed by atoms with Crippen LogP contribution < -0.4 is 5.32 Å². The second-order valence-corrected chi connectivity index (χ2v) is 3.90. The van der Waals surface area contributed by atoms with Gasteiger partial charge in [-0.1, -0.05) is 13.3 Å². The van der Waals surface area contributed by atoms with Gasteiger partial charge in [-0.25, -0.2) is 4.79 Å². The lowest BCUT2D eigenvalue weighted by Crippen LogP contribution is -2.14. The molecule has 0 aromatic heterocycles. The molecule has 0 radical (unpaired) electrons. The first kappa shape index (κ1) is 14.0. The van der Waals surface area contributed by atoms with Crippen LogP contribution in [0.25, 0.3) is 0 Å². The molecule has 0 atom stereocenters. The molecule has 98 valence electrons. The number of hydrogen-bond acceptors (Lipinski definition) is 4. The Balaban J connectivity index is 2.65. The molecule has 1 aromatic carbocycles. The number of phenols is 1. The predicted octanol–water partition coefficient (Wildman–Crippen LogP) is 2.94. The van der Waals surface area contributed by atoms with Crippen LogP contribution in [0.1, 0.15) is 37.0 Å². The third kappa shape index (κ3) is 4.08. The van der Waals surface area contributed by atoms with Gasteiger partial charge in [0.25, 0.3) is 0 Å². The molecule has 0 aliphatic carbocycles. The molecule has 1 rings (SSSR count). The average Bonchev–Trinajstić information content (AvgIpc) is 2.31. The van der Waals surface area contributed by atoms with Gasteiger partial charge in [0, 0.05) is 5.69 Å². The minimum absolute atomic E-state index is 0.104. The van der Waals surface area contributed by atoms with Gasteiger partial charge in [-0.3, -0.25) is 10.1 Å². The average molecular weight is 251 g/mol. The predicted molar refractivity (Wildman–Crippen MR) is 68.0 cm³/mol. The lowest BCUT2D eigenvalue weighted by atomic mass is 10.1. The zero-order chi connectivity index (χ0) is 13.5. The Bertz CT molecular complexity index is 443. The molecule has 5 nitrogen and oxygen atoms in total. The molecule has 0 fully saturated rings. The highest BCUT2D eigenvalue weighted by atomic mass is 16.5. The fourth-order valence-corrected chi connectivity index (χ4v) is 1.36. The summed E-state index contributed by atoms with van der Waals surface area (Å²) >= 11 is 0. The number of ketones is 1. The lowest BCUT2D eigenvalue weighted by Gasteiger charge is -2.08. The molecule has 0 heterocycles. The zero-order valence-electron chi connectivity index (χ0n) is 10.5. The quantitative estimate of drug-likeness (QED) is 0.479. The summed E-state index contributed by atoms with van der Waals surface area (Å²) in [6, 6.07) is 4.28. The van der Waals surface area contributed by atoms with Crippen LogP contribution in [0.15, 0.2) is 18.2 Å². The van der Waals surface area contributed by atoms with Crippen LogP contribution >= 0.6 is 0 Å². The van der Waals surface area contributed by atoms with Crippen LogP contribution in [0.2, 0.25) is 0 Å². The Morgan fingerprint density at radius 3 is 2.72 bits per heavy atom. The number of Topliss-reactive ketones (excluding diaryl/α,β-unsaturated/α-hetero) is 1. The maximum atomic E-state index is 11.4. The van der Waals surface area contributed by atoms with Gasteiger partial charge in [-0.2, -0.15) is 0 Å². The Morgan fingerprint density at radius 2 is 2.11 bits per heavy atom. The molecule has 0 bridgehead atoms. The molecular formula is C13H17NO4. The molecule has 0 aliphatic rings. The third-order valence-corrected chi connectivity index (χ3v) is 2.35. The highest BCUT2D eigenvalue weighted by Crippen LogP contribution is 2.21. The minimum Gasteiger partial charge on any atom is -0.507 e. The Hall–Kier alpha value is -2.04. The van der Waals surface area contributed by atoms with Crippen molar-refractivity contribution in [1.29, 1.82) is 0 Å². The van der Waals surface area contributed by atoms with Crippen LogP contribution in [0, 0.1) is 0 Å². The molecular weight excluding hydrogens is 234 g/mol. The highest BCUT2D eigenvalue weighted by Gasteiger charge is 2.09. The molecule has 1 aromatic rings. The van der Waals surface area contributed by atoms with E-state index in [1.165, 1.54) is 25.1 Å². The number of phenolic OH excluding ortho intramolecular Hbond substituents is 1. The Kier molecular flexibility index (Phi) is 5.17. The summed E-state index contributed by atoms with van der Waals surface area (Å²) < 4.78 is 4.92. The van der Waals surface area contributed by atoms with Crippen LogP contribution in [-0.4, -0.2) is 23.6 Å². The van der Waals surface area contributed by atoms with E-state index in [1.54, 1.807) is 0 Å². The van der Waals surface area contributed by atoms with Crippen LogP contribution in [-0.2, 0) is 4.74 Å². The molecule has 5 heteroatoms. The molecule has 0 unspecified atom stereocenters. The number of hydrogen-bond donors (Lipinski definition) is 2. The van der Waals surface area contributed by atoms with Crippen molar-refractivity contribution in [1.82, 2.24) is 0 Å². The van der Waals surface area contributed by atoms with Gasteiger partial charge >= 0.3 is 6.09 Å². The second-order valence-electron chi connectivity index (χ2n) is 3.90. The van der Waals surface area contributed by atoms with E-state index >= 15 is 0 Å². The van der Waals surface area contributed by atoms with Crippen molar-refractivity contribution in [2.45, 2.75) is 26.7 Å². The SMILES string of the molecule is CCCCOC(=O)Nc1ccc(O)c(C(C)=O)c1. The van der Waals surface area contributed by atoms with Crippen molar-refractivity contribution < 1.29 is 19.4 Å². The van der Waals surface area contributed by atoms with Gasteiger partial charge in [0.1, 0.15) is 5.75 Å². The monoisotopic (exact) mass is 251 g/mol. The van der Waals surface area contributed by atoms with Gasteiger partial charge in [0.2, 0.25) is 0 Å². The fraction of sp³-hybridized carbons (Fsp3) is 0.385. The van der Waals surface area contributed by atoms with E-state index in [0.29, 0.717) is 12.3 Å². The normalized spacial score (nSPS) is 9.89. The number of unbranched alkanes of at least 4 members (excludes halogenated alkanes) is 1. The zero-order valence-corrected chi connectivity index (χ0v) is 10.5. The number of carbonyl (C=O) groups is 2.